The van der Waals surface area contributed by atoms with Gasteiger partial charge in [-0.25, -0.2) is 0 Å². The van der Waals surface area contributed by atoms with E-state index in [1.54, 1.807) is 0 Å². The Morgan fingerprint density at radius 2 is 1.25 bits per heavy atom. The molecule has 0 heterocycles. The topological polar surface area (TPSA) is 27.1 Å². The lowest BCUT2D eigenvalue weighted by atomic mass is 10.1. The van der Waals surface area contributed by atoms with Crippen molar-refractivity contribution in [1.29, 1.82) is 5.41 Å². The van der Waals surface area contributed by atoms with Crippen molar-refractivity contribution in [1.82, 2.24) is 4.90 Å². The average molecular weight is 226 g/mol. The maximum absolute atomic E-state index is 7.74. The standard InChI is InChI=1S/C14H30N2/c1-4-6-8-10-12-16(14(3)15)13-11-9-7-5-2/h15H,4-13H2,1-3H3. The van der Waals surface area contributed by atoms with Crippen LogP contribution in [0.15, 0.2) is 0 Å². The van der Waals surface area contributed by atoms with Crippen molar-refractivity contribution >= 4 is 5.84 Å². The largest absolute Gasteiger partial charge is 0.361 e. The molecule has 0 saturated carbocycles. The van der Waals surface area contributed by atoms with Crippen molar-refractivity contribution in [3.8, 4) is 0 Å². The highest BCUT2D eigenvalue weighted by atomic mass is 15.2. The van der Waals surface area contributed by atoms with Crippen molar-refractivity contribution in [3.63, 3.8) is 0 Å². The number of hydrogen-bond acceptors (Lipinski definition) is 1. The first-order valence-electron chi connectivity index (χ1n) is 7.02. The SMILES string of the molecule is CCCCCCN(CCCCCC)C(C)=N. The second kappa shape index (κ2) is 11.0. The molecule has 0 aromatic carbocycles. The third kappa shape index (κ3) is 8.75. The van der Waals surface area contributed by atoms with Crippen molar-refractivity contribution in [2.45, 2.75) is 72.1 Å². The van der Waals surface area contributed by atoms with Crippen LogP contribution >= 0.6 is 0 Å². The summed E-state index contributed by atoms with van der Waals surface area (Å²) in [7, 11) is 0. The molecule has 2 heteroatoms. The minimum absolute atomic E-state index is 0.744. The summed E-state index contributed by atoms with van der Waals surface area (Å²) in [6.45, 7) is 8.57. The van der Waals surface area contributed by atoms with E-state index in [9.17, 15) is 0 Å². The summed E-state index contributed by atoms with van der Waals surface area (Å²) in [6.07, 6.45) is 10.4. The normalized spacial score (nSPS) is 10.4. The third-order valence-corrected chi connectivity index (χ3v) is 3.04. The predicted octanol–water partition coefficient (Wildman–Crippen LogP) is 4.45. The Hall–Kier alpha value is -0.530. The Bertz CT molecular complexity index is 154. The van der Waals surface area contributed by atoms with E-state index in [0.717, 1.165) is 18.9 Å². The monoisotopic (exact) mass is 226 g/mol. The van der Waals surface area contributed by atoms with Crippen molar-refractivity contribution in [2.24, 2.45) is 0 Å². The van der Waals surface area contributed by atoms with Crippen LogP contribution in [0.4, 0.5) is 0 Å². The molecule has 0 spiro atoms. The quantitative estimate of drug-likeness (QED) is 0.333. The molecule has 0 amide bonds. The Kier molecular flexibility index (Phi) is 10.6. The first-order valence-corrected chi connectivity index (χ1v) is 7.02. The third-order valence-electron chi connectivity index (χ3n) is 3.04. The molecule has 0 bridgehead atoms. The Labute approximate surface area is 102 Å². The lowest BCUT2D eigenvalue weighted by Crippen LogP contribution is -2.30. The molecular weight excluding hydrogens is 196 g/mol. The molecular formula is C14H30N2. The zero-order chi connectivity index (χ0) is 12.2. The lowest BCUT2D eigenvalue weighted by Gasteiger charge is -2.23. The molecule has 96 valence electrons. The van der Waals surface area contributed by atoms with E-state index in [1.807, 2.05) is 6.92 Å². The van der Waals surface area contributed by atoms with Gasteiger partial charge in [-0.05, 0) is 19.8 Å². The van der Waals surface area contributed by atoms with E-state index in [1.165, 1.54) is 51.4 Å². The maximum atomic E-state index is 7.74. The number of nitrogens with zero attached hydrogens (tertiary/aromatic N) is 1. The first kappa shape index (κ1) is 15.5. The fraction of sp³-hybridized carbons (Fsp3) is 0.929. The van der Waals surface area contributed by atoms with Gasteiger partial charge in [0, 0.05) is 13.1 Å². The van der Waals surface area contributed by atoms with Crippen LogP contribution in [-0.2, 0) is 0 Å². The molecule has 0 aliphatic rings. The fourth-order valence-electron chi connectivity index (χ4n) is 1.91. The molecule has 0 saturated heterocycles. The van der Waals surface area contributed by atoms with Gasteiger partial charge in [-0.15, -0.1) is 0 Å². The van der Waals surface area contributed by atoms with E-state index in [4.69, 9.17) is 5.41 Å². The second-order valence-electron chi connectivity index (χ2n) is 4.69. The molecule has 1 N–H and O–H groups in total. The summed E-state index contributed by atoms with van der Waals surface area (Å²) in [4.78, 5) is 2.24. The Balaban J connectivity index is 3.59. The molecule has 0 radical (unpaired) electrons. The van der Waals surface area contributed by atoms with Gasteiger partial charge >= 0.3 is 0 Å². The predicted molar refractivity (Wildman–Crippen MR) is 73.3 cm³/mol. The zero-order valence-electron chi connectivity index (χ0n) is 11.5. The van der Waals surface area contributed by atoms with Gasteiger partial charge in [0.2, 0.25) is 0 Å². The Morgan fingerprint density at radius 1 is 0.812 bits per heavy atom. The number of rotatable bonds is 10. The highest BCUT2D eigenvalue weighted by Gasteiger charge is 2.04. The lowest BCUT2D eigenvalue weighted by molar-refractivity contribution is 0.383. The number of unbranched alkanes of at least 4 members (excludes halogenated alkanes) is 6. The highest BCUT2D eigenvalue weighted by Crippen LogP contribution is 2.05. The summed E-state index contributed by atoms with van der Waals surface area (Å²) in [5.41, 5.74) is 0. The highest BCUT2D eigenvalue weighted by molar-refractivity contribution is 5.76. The molecule has 0 fully saturated rings. The summed E-state index contributed by atoms with van der Waals surface area (Å²) >= 11 is 0. The van der Waals surface area contributed by atoms with Gasteiger partial charge in [0.05, 0.1) is 5.84 Å². The maximum Gasteiger partial charge on any atom is 0.0925 e. The minimum atomic E-state index is 0.744. The second-order valence-corrected chi connectivity index (χ2v) is 4.69. The van der Waals surface area contributed by atoms with Crippen molar-refractivity contribution in [3.05, 3.63) is 0 Å². The smallest absolute Gasteiger partial charge is 0.0925 e. The molecule has 0 atom stereocenters. The number of amidine groups is 1. The molecule has 2 nitrogen and oxygen atoms in total. The van der Waals surface area contributed by atoms with Gasteiger partial charge < -0.3 is 4.90 Å². The van der Waals surface area contributed by atoms with Crippen LogP contribution in [0.2, 0.25) is 0 Å². The van der Waals surface area contributed by atoms with E-state index in [2.05, 4.69) is 18.7 Å². The van der Waals surface area contributed by atoms with Crippen LogP contribution in [0, 0.1) is 5.41 Å². The summed E-state index contributed by atoms with van der Waals surface area (Å²) in [5, 5.41) is 7.74. The first-order chi connectivity index (χ1) is 7.72. The molecule has 0 unspecified atom stereocenters. The number of nitrogens with one attached hydrogen (secondary N) is 1. The van der Waals surface area contributed by atoms with Gasteiger partial charge in [0.25, 0.3) is 0 Å². The van der Waals surface area contributed by atoms with E-state index in [0.29, 0.717) is 0 Å². The van der Waals surface area contributed by atoms with Crippen LogP contribution in [0.1, 0.15) is 72.1 Å². The minimum Gasteiger partial charge on any atom is -0.361 e. The van der Waals surface area contributed by atoms with E-state index >= 15 is 0 Å². The van der Waals surface area contributed by atoms with Crippen LogP contribution in [0.5, 0.6) is 0 Å². The van der Waals surface area contributed by atoms with Crippen molar-refractivity contribution < 1.29 is 0 Å². The molecule has 0 rings (SSSR count). The summed E-state index contributed by atoms with van der Waals surface area (Å²) in [5.74, 6) is 0.744. The van der Waals surface area contributed by atoms with Crippen LogP contribution < -0.4 is 0 Å². The van der Waals surface area contributed by atoms with Crippen LogP contribution in [-0.4, -0.2) is 23.8 Å². The summed E-state index contributed by atoms with van der Waals surface area (Å²) < 4.78 is 0. The van der Waals surface area contributed by atoms with Gasteiger partial charge in [0.1, 0.15) is 0 Å². The molecule has 16 heavy (non-hydrogen) atoms. The zero-order valence-corrected chi connectivity index (χ0v) is 11.5. The molecule has 0 aliphatic heterocycles. The van der Waals surface area contributed by atoms with Crippen molar-refractivity contribution in [2.75, 3.05) is 13.1 Å². The summed E-state index contributed by atoms with van der Waals surface area (Å²) in [6, 6.07) is 0. The van der Waals surface area contributed by atoms with Gasteiger partial charge in [-0.2, -0.15) is 0 Å². The van der Waals surface area contributed by atoms with E-state index < -0.39 is 0 Å². The van der Waals surface area contributed by atoms with Crippen LogP contribution in [0.25, 0.3) is 0 Å². The van der Waals surface area contributed by atoms with Gasteiger partial charge in [0.15, 0.2) is 0 Å². The molecule has 0 aromatic rings. The Morgan fingerprint density at radius 3 is 1.56 bits per heavy atom. The van der Waals surface area contributed by atoms with E-state index in [-0.39, 0.29) is 0 Å². The number of hydrogen-bond donors (Lipinski definition) is 1. The molecule has 0 aromatic heterocycles. The fourth-order valence-corrected chi connectivity index (χ4v) is 1.91. The average Bonchev–Trinajstić information content (AvgIpc) is 2.26. The van der Waals surface area contributed by atoms with Gasteiger partial charge in [-0.3, -0.25) is 5.41 Å². The van der Waals surface area contributed by atoms with Crippen LogP contribution in [0.3, 0.4) is 0 Å². The van der Waals surface area contributed by atoms with Gasteiger partial charge in [-0.1, -0.05) is 52.4 Å². The molecule has 0 aliphatic carbocycles.